The molecule has 0 heterocycles. The maximum Gasteiger partial charge on any atom is 0.239 e. The predicted octanol–water partition coefficient (Wildman–Crippen LogP) is -0.371. The van der Waals surface area contributed by atoms with E-state index in [1.807, 2.05) is 6.92 Å². The number of carbonyl (C=O) groups excluding carboxylic acids is 1. The number of ether oxygens (including phenoxy) is 1. The zero-order valence-corrected chi connectivity index (χ0v) is 7.59. The molecule has 1 saturated carbocycles. The van der Waals surface area contributed by atoms with Crippen molar-refractivity contribution < 1.29 is 9.53 Å². The van der Waals surface area contributed by atoms with Gasteiger partial charge in [0, 0.05) is 12.6 Å². The first-order chi connectivity index (χ1) is 5.57. The fourth-order valence-corrected chi connectivity index (χ4v) is 0.958. The van der Waals surface area contributed by atoms with E-state index in [9.17, 15) is 4.79 Å². The number of carbonyl (C=O) groups is 1. The number of rotatable bonds is 4. The summed E-state index contributed by atoms with van der Waals surface area (Å²) < 4.78 is 4.77. The molecule has 1 aliphatic rings. The van der Waals surface area contributed by atoms with Gasteiger partial charge in [-0.05, 0) is 19.8 Å². The van der Waals surface area contributed by atoms with Crippen LogP contribution in [-0.4, -0.2) is 31.2 Å². The highest BCUT2D eigenvalue weighted by Crippen LogP contribution is 2.34. The minimum atomic E-state index is -0.535. The third kappa shape index (κ3) is 2.46. The van der Waals surface area contributed by atoms with Gasteiger partial charge >= 0.3 is 0 Å². The first-order valence-corrected chi connectivity index (χ1v) is 4.14. The fourth-order valence-electron chi connectivity index (χ4n) is 0.958. The SMILES string of the molecule is COCC(N)C(=O)NC1(C)CC1. The van der Waals surface area contributed by atoms with E-state index in [1.54, 1.807) is 0 Å². The number of nitrogens with one attached hydrogen (secondary N) is 1. The van der Waals surface area contributed by atoms with Crippen LogP contribution in [0.4, 0.5) is 0 Å². The van der Waals surface area contributed by atoms with Crippen LogP contribution >= 0.6 is 0 Å². The molecule has 70 valence electrons. The van der Waals surface area contributed by atoms with Crippen LogP contribution in [0.3, 0.4) is 0 Å². The number of methoxy groups -OCH3 is 1. The Balaban J connectivity index is 2.27. The summed E-state index contributed by atoms with van der Waals surface area (Å²) in [6.07, 6.45) is 2.11. The Morgan fingerprint density at radius 1 is 1.75 bits per heavy atom. The molecule has 1 amide bonds. The molecule has 12 heavy (non-hydrogen) atoms. The minimum absolute atomic E-state index is 0.0163. The molecule has 4 nitrogen and oxygen atoms in total. The fraction of sp³-hybridized carbons (Fsp3) is 0.875. The molecule has 0 radical (unpaired) electrons. The molecular weight excluding hydrogens is 156 g/mol. The van der Waals surface area contributed by atoms with Gasteiger partial charge in [0.05, 0.1) is 6.61 Å². The molecule has 1 aliphatic carbocycles. The summed E-state index contributed by atoms with van der Waals surface area (Å²) >= 11 is 0. The Labute approximate surface area is 72.5 Å². The van der Waals surface area contributed by atoms with E-state index < -0.39 is 6.04 Å². The third-order valence-electron chi connectivity index (χ3n) is 2.11. The van der Waals surface area contributed by atoms with Gasteiger partial charge in [-0.15, -0.1) is 0 Å². The molecule has 0 aliphatic heterocycles. The van der Waals surface area contributed by atoms with Crippen LogP contribution in [0.2, 0.25) is 0 Å². The zero-order valence-electron chi connectivity index (χ0n) is 7.59. The lowest BCUT2D eigenvalue weighted by atomic mass is 10.2. The van der Waals surface area contributed by atoms with Crippen LogP contribution < -0.4 is 11.1 Å². The normalized spacial score (nSPS) is 21.6. The highest BCUT2D eigenvalue weighted by Gasteiger charge is 2.39. The van der Waals surface area contributed by atoms with Crippen LogP contribution in [0.15, 0.2) is 0 Å². The van der Waals surface area contributed by atoms with Crippen LogP contribution in [0.1, 0.15) is 19.8 Å². The third-order valence-corrected chi connectivity index (χ3v) is 2.11. The largest absolute Gasteiger partial charge is 0.383 e. The first-order valence-electron chi connectivity index (χ1n) is 4.14. The van der Waals surface area contributed by atoms with Gasteiger partial charge in [-0.25, -0.2) is 0 Å². The topological polar surface area (TPSA) is 64.3 Å². The molecule has 0 bridgehead atoms. The van der Waals surface area contributed by atoms with Crippen molar-refractivity contribution in [2.45, 2.75) is 31.3 Å². The van der Waals surface area contributed by atoms with Crippen molar-refractivity contribution >= 4 is 5.91 Å². The summed E-state index contributed by atoms with van der Waals surface area (Å²) in [6.45, 7) is 2.30. The number of amides is 1. The summed E-state index contributed by atoms with van der Waals surface area (Å²) in [7, 11) is 1.53. The zero-order chi connectivity index (χ0) is 9.19. The number of nitrogens with two attached hydrogens (primary N) is 1. The van der Waals surface area contributed by atoms with Crippen LogP contribution in [-0.2, 0) is 9.53 Å². The monoisotopic (exact) mass is 172 g/mol. The molecule has 0 aromatic heterocycles. The van der Waals surface area contributed by atoms with Gasteiger partial charge in [-0.1, -0.05) is 0 Å². The molecule has 0 aromatic rings. The van der Waals surface area contributed by atoms with Crippen LogP contribution in [0.25, 0.3) is 0 Å². The second-order valence-electron chi connectivity index (χ2n) is 3.61. The van der Waals surface area contributed by atoms with E-state index in [1.165, 1.54) is 7.11 Å². The Morgan fingerprint density at radius 3 is 2.75 bits per heavy atom. The molecule has 0 aromatic carbocycles. The van der Waals surface area contributed by atoms with E-state index in [2.05, 4.69) is 5.32 Å². The molecule has 1 rings (SSSR count). The van der Waals surface area contributed by atoms with Gasteiger partial charge in [0.15, 0.2) is 0 Å². The molecule has 4 heteroatoms. The van der Waals surface area contributed by atoms with Crippen molar-refractivity contribution in [3.05, 3.63) is 0 Å². The molecule has 1 unspecified atom stereocenters. The van der Waals surface area contributed by atoms with Crippen molar-refractivity contribution in [2.75, 3.05) is 13.7 Å². The highest BCUT2D eigenvalue weighted by molar-refractivity contribution is 5.82. The first kappa shape index (κ1) is 9.48. The summed E-state index contributed by atoms with van der Waals surface area (Å²) in [4.78, 5) is 11.3. The summed E-state index contributed by atoms with van der Waals surface area (Å²) in [5, 5.41) is 2.87. The molecule has 3 N–H and O–H groups in total. The van der Waals surface area contributed by atoms with E-state index in [-0.39, 0.29) is 18.1 Å². The number of hydrogen-bond donors (Lipinski definition) is 2. The van der Waals surface area contributed by atoms with Crippen molar-refractivity contribution in [2.24, 2.45) is 5.73 Å². The maximum absolute atomic E-state index is 11.3. The average Bonchev–Trinajstić information content (AvgIpc) is 2.68. The lowest BCUT2D eigenvalue weighted by Gasteiger charge is -2.15. The van der Waals surface area contributed by atoms with E-state index in [4.69, 9.17) is 10.5 Å². The number of hydrogen-bond acceptors (Lipinski definition) is 3. The molecule has 0 saturated heterocycles. The minimum Gasteiger partial charge on any atom is -0.383 e. The lowest BCUT2D eigenvalue weighted by molar-refractivity contribution is -0.124. The predicted molar refractivity (Wildman–Crippen MR) is 45.6 cm³/mol. The standard InChI is InChI=1S/C8H16N2O2/c1-8(3-4-8)10-7(11)6(9)5-12-2/h6H,3-5,9H2,1-2H3,(H,10,11). The van der Waals surface area contributed by atoms with E-state index >= 15 is 0 Å². The van der Waals surface area contributed by atoms with Gasteiger partial charge in [-0.2, -0.15) is 0 Å². The second-order valence-corrected chi connectivity index (χ2v) is 3.61. The van der Waals surface area contributed by atoms with Crippen molar-refractivity contribution in [1.29, 1.82) is 0 Å². The van der Waals surface area contributed by atoms with Gasteiger partial charge in [-0.3, -0.25) is 4.79 Å². The van der Waals surface area contributed by atoms with Crippen molar-refractivity contribution in [3.8, 4) is 0 Å². The quantitative estimate of drug-likeness (QED) is 0.608. The van der Waals surface area contributed by atoms with Gasteiger partial charge < -0.3 is 15.8 Å². The maximum atomic E-state index is 11.3. The Morgan fingerprint density at radius 2 is 2.33 bits per heavy atom. The summed E-state index contributed by atoms with van der Waals surface area (Å²) in [5.41, 5.74) is 5.54. The molecule has 1 fully saturated rings. The lowest BCUT2D eigenvalue weighted by Crippen LogP contribution is -2.47. The highest BCUT2D eigenvalue weighted by atomic mass is 16.5. The molecule has 0 spiro atoms. The Bertz CT molecular complexity index is 178. The second kappa shape index (κ2) is 3.41. The average molecular weight is 172 g/mol. The van der Waals surface area contributed by atoms with Crippen LogP contribution in [0.5, 0.6) is 0 Å². The van der Waals surface area contributed by atoms with Gasteiger partial charge in [0.1, 0.15) is 6.04 Å². The molecular formula is C8H16N2O2. The van der Waals surface area contributed by atoms with Gasteiger partial charge in [0.2, 0.25) is 5.91 Å². The van der Waals surface area contributed by atoms with Crippen LogP contribution in [0, 0.1) is 0 Å². The van der Waals surface area contributed by atoms with Gasteiger partial charge in [0.25, 0.3) is 0 Å². The van der Waals surface area contributed by atoms with Crippen molar-refractivity contribution in [3.63, 3.8) is 0 Å². The Kier molecular flexibility index (Phi) is 2.69. The summed E-state index contributed by atoms with van der Waals surface area (Å²) in [6, 6.07) is -0.535. The molecule has 1 atom stereocenters. The Hall–Kier alpha value is -0.610. The van der Waals surface area contributed by atoms with E-state index in [0.29, 0.717) is 0 Å². The van der Waals surface area contributed by atoms with Crippen molar-refractivity contribution in [1.82, 2.24) is 5.32 Å². The summed E-state index contributed by atoms with van der Waals surface area (Å²) in [5.74, 6) is -0.114. The smallest absolute Gasteiger partial charge is 0.239 e. The van der Waals surface area contributed by atoms with E-state index in [0.717, 1.165) is 12.8 Å².